The van der Waals surface area contributed by atoms with Gasteiger partial charge in [-0.15, -0.1) is 0 Å². The molecule has 0 amide bonds. The summed E-state index contributed by atoms with van der Waals surface area (Å²) >= 11 is 0. The predicted molar refractivity (Wildman–Crippen MR) is 190 cm³/mol. The molecule has 0 spiro atoms. The van der Waals surface area contributed by atoms with Crippen LogP contribution in [0, 0.1) is 13.8 Å². The Balaban J connectivity index is 1.48. The molecule has 10 rings (SSSR count). The monoisotopic (exact) mass is 556 g/mol. The van der Waals surface area contributed by atoms with Crippen LogP contribution in [0.4, 0.5) is 0 Å². The van der Waals surface area contributed by atoms with E-state index in [2.05, 4.69) is 147 Å². The first-order valence-electron chi connectivity index (χ1n) is 15.5. The van der Waals surface area contributed by atoms with Gasteiger partial charge in [-0.2, -0.15) is 0 Å². The number of benzene rings is 9. The fraction of sp³-hybridized carbons (Fsp3) is 0.0455. The molecule has 0 saturated carbocycles. The van der Waals surface area contributed by atoms with Gasteiger partial charge in [0, 0.05) is 0 Å². The van der Waals surface area contributed by atoms with Crippen molar-refractivity contribution in [2.24, 2.45) is 0 Å². The maximum Gasteiger partial charge on any atom is -0.000730 e. The molecule has 0 radical (unpaired) electrons. The highest BCUT2D eigenvalue weighted by Crippen LogP contribution is 2.60. The topological polar surface area (TPSA) is 0 Å². The van der Waals surface area contributed by atoms with E-state index >= 15 is 0 Å². The first kappa shape index (κ1) is 24.0. The van der Waals surface area contributed by atoms with Gasteiger partial charge in [0.1, 0.15) is 0 Å². The lowest BCUT2D eigenvalue weighted by molar-refractivity contribution is 1.46. The van der Waals surface area contributed by atoms with Crippen molar-refractivity contribution >= 4 is 53.9 Å². The molecular formula is C44H28. The molecule has 1 aliphatic carbocycles. The zero-order valence-corrected chi connectivity index (χ0v) is 24.7. The molecule has 0 atom stereocenters. The zero-order valence-electron chi connectivity index (χ0n) is 24.7. The highest BCUT2D eigenvalue weighted by molar-refractivity contribution is 6.39. The van der Waals surface area contributed by atoms with Gasteiger partial charge in [-0.05, 0) is 123 Å². The van der Waals surface area contributed by atoms with Crippen molar-refractivity contribution in [1.82, 2.24) is 0 Å². The molecule has 204 valence electrons. The van der Waals surface area contributed by atoms with Crippen LogP contribution >= 0.6 is 0 Å². The molecule has 0 fully saturated rings. The normalized spacial score (nSPS) is 12.3. The number of hydrogen-bond acceptors (Lipinski definition) is 0. The number of fused-ring (bicyclic) bond motifs is 6. The molecule has 1 aliphatic rings. The Hall–Kier alpha value is -5.46. The van der Waals surface area contributed by atoms with E-state index in [1.165, 1.54) is 109 Å². The minimum atomic E-state index is 1.30. The van der Waals surface area contributed by atoms with Crippen molar-refractivity contribution in [1.29, 1.82) is 0 Å². The number of rotatable bonds is 2. The second kappa shape index (κ2) is 8.56. The van der Waals surface area contributed by atoms with Gasteiger partial charge in [-0.3, -0.25) is 0 Å². The SMILES string of the molecule is Cc1ccccc1-c1c2c(c(-c3ccccc3C)c3ccccc13)-c1ccc3c4cccc5cccc(c6ccc-2c1c63)c54. The van der Waals surface area contributed by atoms with Gasteiger partial charge in [0.05, 0.1) is 0 Å². The Morgan fingerprint density at radius 3 is 1.20 bits per heavy atom. The third-order valence-corrected chi connectivity index (χ3v) is 10.2. The Morgan fingerprint density at radius 1 is 0.273 bits per heavy atom. The molecular weight excluding hydrogens is 528 g/mol. The minimum absolute atomic E-state index is 1.30. The molecule has 0 aliphatic heterocycles. The minimum Gasteiger partial charge on any atom is -0.0620 e. The molecule has 0 unspecified atom stereocenters. The van der Waals surface area contributed by atoms with E-state index in [0.29, 0.717) is 0 Å². The lowest BCUT2D eigenvalue weighted by Gasteiger charge is -2.22. The molecule has 9 aromatic rings. The van der Waals surface area contributed by atoms with Gasteiger partial charge in [0.25, 0.3) is 0 Å². The Bertz CT molecular complexity index is 2490. The second-order valence-electron chi connectivity index (χ2n) is 12.5. The third kappa shape index (κ3) is 2.93. The van der Waals surface area contributed by atoms with Crippen molar-refractivity contribution in [3.05, 3.63) is 145 Å². The van der Waals surface area contributed by atoms with E-state index in [1.807, 2.05) is 0 Å². The summed E-state index contributed by atoms with van der Waals surface area (Å²) in [5, 5.41) is 13.4. The van der Waals surface area contributed by atoms with Crippen LogP contribution in [-0.2, 0) is 0 Å². The van der Waals surface area contributed by atoms with Crippen LogP contribution in [-0.4, -0.2) is 0 Å². The van der Waals surface area contributed by atoms with Crippen LogP contribution in [0.1, 0.15) is 11.1 Å². The summed E-state index contributed by atoms with van der Waals surface area (Å²) in [7, 11) is 0. The van der Waals surface area contributed by atoms with E-state index < -0.39 is 0 Å². The molecule has 0 heteroatoms. The van der Waals surface area contributed by atoms with Crippen molar-refractivity contribution in [3.8, 4) is 44.5 Å². The summed E-state index contributed by atoms with van der Waals surface area (Å²) in [6.45, 7) is 4.50. The first-order chi connectivity index (χ1) is 21.7. The smallest absolute Gasteiger partial charge is 0.000730 e. The predicted octanol–water partition coefficient (Wildman–Crippen LogP) is 12.5. The summed E-state index contributed by atoms with van der Waals surface area (Å²) in [5.41, 5.74) is 13.3. The van der Waals surface area contributed by atoms with Crippen LogP contribution in [0.25, 0.3) is 98.4 Å². The van der Waals surface area contributed by atoms with E-state index in [9.17, 15) is 0 Å². The highest BCUT2D eigenvalue weighted by atomic mass is 14.3. The summed E-state index contributed by atoms with van der Waals surface area (Å²) in [6.07, 6.45) is 0. The molecule has 0 bridgehead atoms. The largest absolute Gasteiger partial charge is 0.0620 e. The van der Waals surface area contributed by atoms with Crippen molar-refractivity contribution < 1.29 is 0 Å². The van der Waals surface area contributed by atoms with Gasteiger partial charge in [0.2, 0.25) is 0 Å². The number of aryl methyl sites for hydroxylation is 2. The maximum absolute atomic E-state index is 2.42. The van der Waals surface area contributed by atoms with E-state index in [4.69, 9.17) is 0 Å². The van der Waals surface area contributed by atoms with Gasteiger partial charge in [-0.1, -0.05) is 133 Å². The summed E-state index contributed by atoms with van der Waals surface area (Å²) in [6, 6.07) is 50.0. The fourth-order valence-corrected chi connectivity index (χ4v) is 8.39. The van der Waals surface area contributed by atoms with Gasteiger partial charge in [-0.25, -0.2) is 0 Å². The highest BCUT2D eigenvalue weighted by Gasteiger charge is 2.32. The lowest BCUT2D eigenvalue weighted by Crippen LogP contribution is -1.95. The number of hydrogen-bond donors (Lipinski definition) is 0. The second-order valence-corrected chi connectivity index (χ2v) is 12.5. The van der Waals surface area contributed by atoms with Crippen LogP contribution in [0.5, 0.6) is 0 Å². The molecule has 0 saturated heterocycles. The maximum atomic E-state index is 2.42. The van der Waals surface area contributed by atoms with Crippen molar-refractivity contribution in [2.45, 2.75) is 13.8 Å². The summed E-state index contributed by atoms with van der Waals surface area (Å²) in [5.74, 6) is 0. The average Bonchev–Trinajstić information content (AvgIpc) is 3.40. The van der Waals surface area contributed by atoms with Crippen LogP contribution in [0.15, 0.2) is 133 Å². The van der Waals surface area contributed by atoms with E-state index in [-0.39, 0.29) is 0 Å². The van der Waals surface area contributed by atoms with Crippen LogP contribution in [0.3, 0.4) is 0 Å². The summed E-state index contributed by atoms with van der Waals surface area (Å²) < 4.78 is 0. The first-order valence-corrected chi connectivity index (χ1v) is 15.5. The summed E-state index contributed by atoms with van der Waals surface area (Å²) in [4.78, 5) is 0. The zero-order chi connectivity index (χ0) is 29.1. The molecule has 9 aromatic carbocycles. The third-order valence-electron chi connectivity index (χ3n) is 10.2. The van der Waals surface area contributed by atoms with E-state index in [0.717, 1.165) is 0 Å². The Morgan fingerprint density at radius 2 is 0.705 bits per heavy atom. The molecule has 0 heterocycles. The van der Waals surface area contributed by atoms with Crippen LogP contribution < -0.4 is 0 Å². The Kier molecular flexibility index (Phi) is 4.67. The molecule has 0 N–H and O–H groups in total. The fourth-order valence-electron chi connectivity index (χ4n) is 8.39. The lowest BCUT2D eigenvalue weighted by atomic mass is 9.81. The van der Waals surface area contributed by atoms with Gasteiger partial charge in [0.15, 0.2) is 0 Å². The Labute approximate surface area is 256 Å². The van der Waals surface area contributed by atoms with Crippen molar-refractivity contribution in [3.63, 3.8) is 0 Å². The molecule has 44 heavy (non-hydrogen) atoms. The quantitative estimate of drug-likeness (QED) is 0.147. The van der Waals surface area contributed by atoms with Gasteiger partial charge >= 0.3 is 0 Å². The molecule has 0 aromatic heterocycles. The van der Waals surface area contributed by atoms with Crippen molar-refractivity contribution in [2.75, 3.05) is 0 Å². The average molecular weight is 557 g/mol. The van der Waals surface area contributed by atoms with E-state index in [1.54, 1.807) is 0 Å². The molecule has 0 nitrogen and oxygen atoms in total. The standard InChI is InChI=1S/C44H28/c1-25-11-3-5-15-28(25)39-32-17-7-8-18-33(32)40(29-16-6-4-12-26(29)2)44-37-24-22-35-31-20-10-14-27-13-9-19-30(38(27)31)34-21-23-36(43(39)44)42(37)41(34)35/h3-24H,1-2H3. The van der Waals surface area contributed by atoms with Gasteiger partial charge < -0.3 is 0 Å². The van der Waals surface area contributed by atoms with Crippen LogP contribution in [0.2, 0.25) is 0 Å².